The Labute approximate surface area is 152 Å². The van der Waals surface area contributed by atoms with Gasteiger partial charge in [-0.15, -0.1) is 0 Å². The standard InChI is InChI=1S/C23H32O2/c1-3-22-10-7-19-18-6-5-17(24)14-16(18)13-15(2)21(19)20(22)8-11-23(22)9-4-12-25-23/h4,9,14-15,18-21H,3,5-8,10-13H2,1-2H3/t15-,18?,19?,20?,21?,22?,23?/m1/s1. The van der Waals surface area contributed by atoms with Crippen molar-refractivity contribution in [2.24, 2.45) is 35.0 Å². The Morgan fingerprint density at radius 2 is 2.12 bits per heavy atom. The van der Waals surface area contributed by atoms with Crippen LogP contribution in [-0.4, -0.2) is 18.0 Å². The Morgan fingerprint density at radius 3 is 2.88 bits per heavy atom. The number of hydrogen-bond donors (Lipinski definition) is 0. The molecule has 0 bridgehead atoms. The van der Waals surface area contributed by atoms with Gasteiger partial charge in [-0.1, -0.05) is 31.6 Å². The van der Waals surface area contributed by atoms with Gasteiger partial charge >= 0.3 is 0 Å². The average Bonchev–Trinajstić information content (AvgIpc) is 3.21. The summed E-state index contributed by atoms with van der Waals surface area (Å²) in [6, 6.07) is 0. The minimum atomic E-state index is 0.0375. The molecule has 5 rings (SSSR count). The van der Waals surface area contributed by atoms with E-state index in [1.807, 2.05) is 6.08 Å². The molecule has 1 spiro atoms. The summed E-state index contributed by atoms with van der Waals surface area (Å²) in [6.07, 6.45) is 16.3. The Balaban J connectivity index is 1.53. The molecule has 136 valence electrons. The molecule has 0 aromatic rings. The Morgan fingerprint density at radius 1 is 1.24 bits per heavy atom. The molecule has 3 saturated carbocycles. The SMILES string of the molecule is CCC12CCC3C4CCC(=O)C=C4C[C@@H](C)C3C1CCC21C=CCO1. The van der Waals surface area contributed by atoms with E-state index in [1.165, 1.54) is 37.7 Å². The van der Waals surface area contributed by atoms with Crippen molar-refractivity contribution in [1.29, 1.82) is 0 Å². The van der Waals surface area contributed by atoms with Crippen molar-refractivity contribution < 1.29 is 9.53 Å². The number of allylic oxidation sites excluding steroid dienone is 1. The van der Waals surface area contributed by atoms with Crippen LogP contribution in [0.3, 0.4) is 0 Å². The fourth-order valence-corrected chi connectivity index (χ4v) is 8.13. The van der Waals surface area contributed by atoms with Crippen LogP contribution >= 0.6 is 0 Å². The third-order valence-electron chi connectivity index (χ3n) is 8.97. The van der Waals surface area contributed by atoms with E-state index in [4.69, 9.17) is 4.74 Å². The zero-order valence-corrected chi connectivity index (χ0v) is 15.8. The smallest absolute Gasteiger partial charge is 0.155 e. The molecule has 1 heterocycles. The molecule has 0 aromatic carbocycles. The molecule has 0 aromatic heterocycles. The molecule has 2 nitrogen and oxygen atoms in total. The van der Waals surface area contributed by atoms with Gasteiger partial charge < -0.3 is 4.74 Å². The predicted molar refractivity (Wildman–Crippen MR) is 99.1 cm³/mol. The maximum atomic E-state index is 11.9. The zero-order chi connectivity index (χ0) is 17.2. The Kier molecular flexibility index (Phi) is 3.62. The molecule has 5 aliphatic rings. The normalized spacial score (nSPS) is 51.2. The molecule has 0 radical (unpaired) electrons. The topological polar surface area (TPSA) is 26.3 Å². The number of fused-ring (bicyclic) bond motifs is 6. The van der Waals surface area contributed by atoms with Crippen molar-refractivity contribution in [3.8, 4) is 0 Å². The van der Waals surface area contributed by atoms with E-state index in [2.05, 4.69) is 26.0 Å². The van der Waals surface area contributed by atoms with E-state index in [1.54, 1.807) is 0 Å². The van der Waals surface area contributed by atoms with Crippen molar-refractivity contribution in [1.82, 2.24) is 0 Å². The van der Waals surface area contributed by atoms with Gasteiger partial charge in [-0.05, 0) is 80.6 Å². The molecule has 7 atom stereocenters. The lowest BCUT2D eigenvalue weighted by Gasteiger charge is -2.58. The van der Waals surface area contributed by atoms with Crippen LogP contribution in [0.4, 0.5) is 0 Å². The summed E-state index contributed by atoms with van der Waals surface area (Å²) < 4.78 is 6.43. The summed E-state index contributed by atoms with van der Waals surface area (Å²) in [6.45, 7) is 5.69. The second-order valence-corrected chi connectivity index (χ2v) is 9.55. The fraction of sp³-hybridized carbons (Fsp3) is 0.783. The van der Waals surface area contributed by atoms with Crippen LogP contribution in [0.5, 0.6) is 0 Å². The quantitative estimate of drug-likeness (QED) is 0.622. The molecule has 2 heteroatoms. The third kappa shape index (κ3) is 2.04. The first-order chi connectivity index (χ1) is 12.1. The van der Waals surface area contributed by atoms with Crippen molar-refractivity contribution in [3.63, 3.8) is 0 Å². The van der Waals surface area contributed by atoms with Crippen LogP contribution in [-0.2, 0) is 9.53 Å². The van der Waals surface area contributed by atoms with E-state index >= 15 is 0 Å². The number of rotatable bonds is 1. The average molecular weight is 341 g/mol. The molecule has 0 N–H and O–H groups in total. The lowest BCUT2D eigenvalue weighted by Crippen LogP contribution is -2.55. The fourth-order valence-electron chi connectivity index (χ4n) is 8.13. The minimum Gasteiger partial charge on any atom is -0.366 e. The molecular formula is C23H32O2. The van der Waals surface area contributed by atoms with Gasteiger partial charge in [0.25, 0.3) is 0 Å². The number of carbonyl (C=O) groups is 1. The van der Waals surface area contributed by atoms with Crippen LogP contribution in [0.15, 0.2) is 23.8 Å². The van der Waals surface area contributed by atoms with Gasteiger partial charge in [0.15, 0.2) is 5.78 Å². The number of hydrogen-bond acceptors (Lipinski definition) is 2. The third-order valence-corrected chi connectivity index (χ3v) is 8.97. The van der Waals surface area contributed by atoms with Crippen molar-refractivity contribution >= 4 is 5.78 Å². The first kappa shape index (κ1) is 16.3. The lowest BCUT2D eigenvalue weighted by molar-refractivity contribution is -0.132. The highest BCUT2D eigenvalue weighted by molar-refractivity contribution is 5.91. The van der Waals surface area contributed by atoms with Crippen LogP contribution in [0.1, 0.15) is 65.2 Å². The van der Waals surface area contributed by atoms with Gasteiger partial charge in [0, 0.05) is 11.8 Å². The second kappa shape index (κ2) is 5.55. The second-order valence-electron chi connectivity index (χ2n) is 9.55. The number of carbonyl (C=O) groups excluding carboxylic acids is 1. The largest absolute Gasteiger partial charge is 0.366 e. The van der Waals surface area contributed by atoms with Crippen LogP contribution in [0.2, 0.25) is 0 Å². The summed E-state index contributed by atoms with van der Waals surface area (Å²) in [4.78, 5) is 11.9. The molecule has 4 aliphatic carbocycles. The van der Waals surface area contributed by atoms with Gasteiger partial charge in [0.05, 0.1) is 12.2 Å². The summed E-state index contributed by atoms with van der Waals surface area (Å²) in [7, 11) is 0. The maximum Gasteiger partial charge on any atom is 0.155 e. The van der Waals surface area contributed by atoms with E-state index in [0.717, 1.165) is 49.5 Å². The summed E-state index contributed by atoms with van der Waals surface area (Å²) in [5.41, 5.74) is 1.90. The Bertz CT molecular complexity index is 646. The highest BCUT2D eigenvalue weighted by Gasteiger charge is 2.65. The van der Waals surface area contributed by atoms with Gasteiger partial charge in [0.1, 0.15) is 0 Å². The molecule has 25 heavy (non-hydrogen) atoms. The number of ether oxygens (including phenoxy) is 1. The van der Waals surface area contributed by atoms with Gasteiger partial charge in [-0.25, -0.2) is 0 Å². The highest BCUT2D eigenvalue weighted by Crippen LogP contribution is 2.68. The lowest BCUT2D eigenvalue weighted by atomic mass is 9.47. The maximum absolute atomic E-state index is 11.9. The monoisotopic (exact) mass is 340 g/mol. The van der Waals surface area contributed by atoms with E-state index in [9.17, 15) is 4.79 Å². The molecule has 0 amide bonds. The molecule has 0 saturated heterocycles. The molecule has 1 aliphatic heterocycles. The first-order valence-electron chi connectivity index (χ1n) is 10.7. The van der Waals surface area contributed by atoms with Crippen LogP contribution in [0, 0.1) is 35.0 Å². The van der Waals surface area contributed by atoms with E-state index in [-0.39, 0.29) is 5.60 Å². The minimum absolute atomic E-state index is 0.0375. The molecular weight excluding hydrogens is 308 g/mol. The van der Waals surface area contributed by atoms with Crippen molar-refractivity contribution in [2.75, 3.05) is 6.61 Å². The van der Waals surface area contributed by atoms with Crippen molar-refractivity contribution in [3.05, 3.63) is 23.8 Å². The van der Waals surface area contributed by atoms with E-state index in [0.29, 0.717) is 17.1 Å². The van der Waals surface area contributed by atoms with E-state index < -0.39 is 0 Å². The highest BCUT2D eigenvalue weighted by atomic mass is 16.5. The van der Waals surface area contributed by atoms with Gasteiger partial charge in [0.2, 0.25) is 0 Å². The van der Waals surface area contributed by atoms with Crippen molar-refractivity contribution in [2.45, 2.75) is 70.8 Å². The molecule has 3 fully saturated rings. The summed E-state index contributed by atoms with van der Waals surface area (Å²) in [5.74, 6) is 4.25. The van der Waals surface area contributed by atoms with Gasteiger partial charge in [-0.2, -0.15) is 0 Å². The van der Waals surface area contributed by atoms with Gasteiger partial charge in [-0.3, -0.25) is 4.79 Å². The zero-order valence-electron chi connectivity index (χ0n) is 15.8. The number of ketones is 1. The Hall–Kier alpha value is -0.890. The predicted octanol–water partition coefficient (Wildman–Crippen LogP) is 5.09. The first-order valence-corrected chi connectivity index (χ1v) is 10.7. The van der Waals surface area contributed by atoms with Crippen LogP contribution < -0.4 is 0 Å². The molecule has 6 unspecified atom stereocenters. The summed E-state index contributed by atoms with van der Waals surface area (Å²) in [5, 5.41) is 0. The van der Waals surface area contributed by atoms with Crippen LogP contribution in [0.25, 0.3) is 0 Å². The summed E-state index contributed by atoms with van der Waals surface area (Å²) >= 11 is 0.